The second-order valence-corrected chi connectivity index (χ2v) is 7.43. The first kappa shape index (κ1) is 10.2. The molecule has 0 saturated carbocycles. The van der Waals surface area contributed by atoms with Crippen molar-refractivity contribution in [3.05, 3.63) is 22.8 Å². The molecule has 3 rings (SSSR count). The van der Waals surface area contributed by atoms with E-state index in [9.17, 15) is 9.90 Å². The van der Waals surface area contributed by atoms with Crippen molar-refractivity contribution >= 4 is 49.8 Å². The normalized spacial score (nSPS) is 15.8. The van der Waals surface area contributed by atoms with E-state index in [-0.39, 0.29) is 41.1 Å². The van der Waals surface area contributed by atoms with Crippen LogP contribution in [0.4, 0.5) is 0 Å². The summed E-state index contributed by atoms with van der Waals surface area (Å²) >= 11 is 0.182. The molecule has 0 spiro atoms. The number of amides is 1. The Morgan fingerprint density at radius 3 is 3.00 bits per heavy atom. The van der Waals surface area contributed by atoms with Crippen molar-refractivity contribution in [2.45, 2.75) is 5.32 Å². The summed E-state index contributed by atoms with van der Waals surface area (Å²) in [4.78, 5) is 19.5. The first-order valence-electron chi connectivity index (χ1n) is 4.55. The number of aromatic nitrogens is 1. The predicted octanol–water partition coefficient (Wildman–Crippen LogP) is -0.225. The Hall–Kier alpha value is -0.931. The Morgan fingerprint density at radius 2 is 2.25 bits per heavy atom. The van der Waals surface area contributed by atoms with Crippen molar-refractivity contribution in [1.82, 2.24) is 4.98 Å². The number of aliphatic imine (C=N–C) groups is 1. The zero-order valence-electron chi connectivity index (χ0n) is 7.97. The molecule has 1 aromatic carbocycles. The first-order chi connectivity index (χ1) is 7.72. The molecule has 1 aromatic heterocycles. The van der Waals surface area contributed by atoms with Gasteiger partial charge in [0.1, 0.15) is 0 Å². The number of fused-ring (bicyclic) bond motifs is 1. The quantitative estimate of drug-likeness (QED) is 0.673. The summed E-state index contributed by atoms with van der Waals surface area (Å²) in [6.07, 6.45) is 0. The molecule has 0 bridgehead atoms. The van der Waals surface area contributed by atoms with Gasteiger partial charge in [-0.15, -0.1) is 0 Å². The third-order valence-corrected chi connectivity index (χ3v) is 6.90. The van der Waals surface area contributed by atoms with Crippen LogP contribution in [0.3, 0.4) is 0 Å². The molecule has 0 radical (unpaired) electrons. The number of hydrogen-bond donors (Lipinski definition) is 0. The van der Waals surface area contributed by atoms with Crippen LogP contribution in [0.25, 0.3) is 9.78 Å². The molecular weight excluding hydrogens is 338 g/mol. The molecule has 0 unspecified atom stereocenters. The van der Waals surface area contributed by atoms with Crippen molar-refractivity contribution in [2.75, 3.05) is 0 Å². The summed E-state index contributed by atoms with van der Waals surface area (Å²) in [5.41, 5.74) is 0.868. The van der Waals surface area contributed by atoms with Crippen LogP contribution in [-0.4, -0.2) is 45.0 Å². The van der Waals surface area contributed by atoms with Crippen molar-refractivity contribution in [3.63, 3.8) is 0 Å². The molecule has 1 amide bonds. The molecule has 6 heteroatoms. The molecule has 4 nitrogen and oxygen atoms in total. The second-order valence-electron chi connectivity index (χ2n) is 3.25. The minimum absolute atomic E-state index is 0.0204. The predicted molar refractivity (Wildman–Crippen MR) is 60.2 cm³/mol. The molecule has 0 N–H and O–H groups in total. The molecule has 2 aromatic rings. The third kappa shape index (κ3) is 1.74. The summed E-state index contributed by atoms with van der Waals surface area (Å²) in [7, 11) is 0. The van der Waals surface area contributed by atoms with Gasteiger partial charge in [-0.3, -0.25) is 0 Å². The number of nitrogens with zero attached hydrogens (tertiary/aromatic N) is 2. The van der Waals surface area contributed by atoms with E-state index in [0.717, 1.165) is 19.0 Å². The van der Waals surface area contributed by atoms with Crippen LogP contribution in [-0.2, 0) is 4.79 Å². The molecule has 2 heterocycles. The monoisotopic (exact) mass is 345 g/mol. The summed E-state index contributed by atoms with van der Waals surface area (Å²) in [5.74, 6) is -0.0130. The van der Waals surface area contributed by atoms with Gasteiger partial charge < -0.3 is 0 Å². The topological polar surface area (TPSA) is 65.4 Å². The van der Waals surface area contributed by atoms with E-state index in [4.69, 9.17) is 0 Å². The fourth-order valence-corrected chi connectivity index (χ4v) is 5.74. The van der Waals surface area contributed by atoms with E-state index in [2.05, 4.69) is 9.98 Å². The first-order valence-corrected chi connectivity index (χ1v) is 8.33. The minimum atomic E-state index is -0.0334. The van der Waals surface area contributed by atoms with E-state index in [0.29, 0.717) is 5.32 Å². The molecule has 0 atom stereocenters. The Labute approximate surface area is 103 Å². The molecule has 1 aliphatic heterocycles. The summed E-state index contributed by atoms with van der Waals surface area (Å²) < 4.78 is 2.81. The fourth-order valence-electron chi connectivity index (χ4n) is 1.41. The second kappa shape index (κ2) is 3.82. The van der Waals surface area contributed by atoms with Crippen molar-refractivity contribution in [1.29, 1.82) is 0 Å². The maximum atomic E-state index is 11.2. The van der Waals surface area contributed by atoms with Crippen molar-refractivity contribution < 1.29 is 9.90 Å². The van der Waals surface area contributed by atoms with Crippen LogP contribution in [0.2, 0.25) is 5.32 Å². The Kier molecular flexibility index (Phi) is 2.45. The van der Waals surface area contributed by atoms with Gasteiger partial charge in [0.05, 0.1) is 0 Å². The van der Waals surface area contributed by atoms with Gasteiger partial charge in [0, 0.05) is 0 Å². The fraction of sp³-hybridized carbons (Fsp3) is 0.100. The Morgan fingerprint density at radius 1 is 1.38 bits per heavy atom. The molecular formula is C10H5N2O2Se2-. The Bertz CT molecular complexity index is 618. The van der Waals surface area contributed by atoms with E-state index < -0.39 is 0 Å². The van der Waals surface area contributed by atoms with Crippen LogP contribution in [0.5, 0.6) is 5.75 Å². The van der Waals surface area contributed by atoms with Crippen molar-refractivity contribution in [2.24, 2.45) is 4.99 Å². The number of carbonyl (C=O) groups excluding carboxylic acids is 1. The molecule has 1 aliphatic rings. The average molecular weight is 343 g/mol. The van der Waals surface area contributed by atoms with E-state index in [1.165, 1.54) is 6.07 Å². The van der Waals surface area contributed by atoms with Crippen LogP contribution in [0, 0.1) is 0 Å². The zero-order chi connectivity index (χ0) is 11.1. The zero-order valence-corrected chi connectivity index (χ0v) is 11.4. The van der Waals surface area contributed by atoms with Crippen LogP contribution in [0.1, 0.15) is 4.57 Å². The van der Waals surface area contributed by atoms with Gasteiger partial charge >= 0.3 is 103 Å². The van der Waals surface area contributed by atoms with Gasteiger partial charge in [-0.05, 0) is 0 Å². The Balaban J connectivity index is 2.12. The van der Waals surface area contributed by atoms with E-state index in [1.807, 2.05) is 0 Å². The van der Waals surface area contributed by atoms with Crippen LogP contribution >= 0.6 is 0 Å². The molecule has 0 saturated heterocycles. The molecule has 16 heavy (non-hydrogen) atoms. The molecule has 80 valence electrons. The van der Waals surface area contributed by atoms with Gasteiger partial charge in [0.25, 0.3) is 0 Å². The van der Waals surface area contributed by atoms with E-state index in [1.54, 1.807) is 12.1 Å². The van der Waals surface area contributed by atoms with Gasteiger partial charge in [-0.1, -0.05) is 0 Å². The van der Waals surface area contributed by atoms with Gasteiger partial charge in [-0.2, -0.15) is 0 Å². The van der Waals surface area contributed by atoms with Crippen molar-refractivity contribution in [3.8, 4) is 5.75 Å². The summed E-state index contributed by atoms with van der Waals surface area (Å²) in [6, 6.07) is 4.90. The average Bonchev–Trinajstić information content (AvgIpc) is 2.83. The number of benzene rings is 1. The van der Waals surface area contributed by atoms with Gasteiger partial charge in [-0.25, -0.2) is 0 Å². The molecule has 0 fully saturated rings. The number of rotatable bonds is 1. The van der Waals surface area contributed by atoms with Crippen LogP contribution in [0.15, 0.2) is 23.2 Å². The van der Waals surface area contributed by atoms with Gasteiger partial charge in [0.2, 0.25) is 0 Å². The number of hydrogen-bond acceptors (Lipinski definition) is 3. The third-order valence-electron chi connectivity index (χ3n) is 2.10. The SMILES string of the molecule is O=C1C[Se]C(c2nc3ccc([O-])cc3[se]2)=N1. The molecule has 0 aliphatic carbocycles. The summed E-state index contributed by atoms with van der Waals surface area (Å²) in [5, 5.41) is 11.7. The van der Waals surface area contributed by atoms with E-state index >= 15 is 0 Å². The standard InChI is InChI=1S/C10H6N2O2Se2/c13-5-1-2-6-7(3-5)16-10(11-6)9-12-8(14)4-15-9/h1-3,13H,4H2/p-1. The summed E-state index contributed by atoms with van der Waals surface area (Å²) in [6.45, 7) is 0. The van der Waals surface area contributed by atoms with Crippen LogP contribution < -0.4 is 5.11 Å². The number of carbonyl (C=O) groups is 1. The maximum absolute atomic E-state index is 11.2. The van der Waals surface area contributed by atoms with Gasteiger partial charge in [0.15, 0.2) is 0 Å².